The maximum absolute atomic E-state index is 12.3. The summed E-state index contributed by atoms with van der Waals surface area (Å²) in [5.41, 5.74) is 3.38. The fourth-order valence-corrected chi connectivity index (χ4v) is 4.02. The maximum Gasteiger partial charge on any atom is 0.383 e. The summed E-state index contributed by atoms with van der Waals surface area (Å²) in [6.45, 7) is 6.33. The summed E-state index contributed by atoms with van der Waals surface area (Å²) >= 11 is 0. The number of fused-ring (bicyclic) bond motifs is 1. The number of rotatable bonds is 4. The van der Waals surface area contributed by atoms with Crippen molar-refractivity contribution in [2.24, 2.45) is 0 Å². The lowest BCUT2D eigenvalue weighted by atomic mass is 9.87. The van der Waals surface area contributed by atoms with Crippen LogP contribution in [0, 0.1) is 0 Å². The Morgan fingerprint density at radius 1 is 1.04 bits per heavy atom. The lowest BCUT2D eigenvalue weighted by molar-refractivity contribution is 0.456. The highest BCUT2D eigenvalue weighted by molar-refractivity contribution is 7.85. The molecule has 1 N–H and O–H groups in total. The molecular weight excluding hydrogens is 322 g/mol. The van der Waals surface area contributed by atoms with E-state index in [1.165, 1.54) is 5.56 Å². The van der Waals surface area contributed by atoms with Crippen molar-refractivity contribution >= 4 is 10.3 Å². The topological polar surface area (TPSA) is 55.4 Å². The van der Waals surface area contributed by atoms with E-state index in [4.69, 9.17) is 4.18 Å². The Morgan fingerprint density at radius 2 is 1.71 bits per heavy atom. The summed E-state index contributed by atoms with van der Waals surface area (Å²) in [6, 6.07) is 14.9. The zero-order valence-electron chi connectivity index (χ0n) is 14.2. The Balaban J connectivity index is 1.71. The lowest BCUT2D eigenvalue weighted by Gasteiger charge is -2.19. The third kappa shape index (κ3) is 3.79. The Kier molecular flexibility index (Phi) is 4.40. The SMILES string of the molecule is CC(C)(C)c1ccc(OS(=O)(=O)NC2CCc3ccccc32)cc1. The van der Waals surface area contributed by atoms with Crippen LogP contribution in [-0.2, 0) is 22.1 Å². The number of hydrogen-bond acceptors (Lipinski definition) is 3. The van der Waals surface area contributed by atoms with Crippen LogP contribution in [0.25, 0.3) is 0 Å². The number of hydrogen-bond donors (Lipinski definition) is 1. The van der Waals surface area contributed by atoms with Gasteiger partial charge in [-0.05, 0) is 47.1 Å². The van der Waals surface area contributed by atoms with Crippen molar-refractivity contribution in [2.45, 2.75) is 45.1 Å². The van der Waals surface area contributed by atoms with Crippen LogP contribution in [0.1, 0.15) is 49.9 Å². The first kappa shape index (κ1) is 17.0. The van der Waals surface area contributed by atoms with Crippen LogP contribution in [0.5, 0.6) is 5.75 Å². The zero-order valence-corrected chi connectivity index (χ0v) is 15.1. The molecule has 4 nitrogen and oxygen atoms in total. The van der Waals surface area contributed by atoms with Gasteiger partial charge in [-0.15, -0.1) is 0 Å². The average molecular weight is 345 g/mol. The molecule has 0 aromatic heterocycles. The number of nitrogens with one attached hydrogen (secondary N) is 1. The minimum absolute atomic E-state index is 0.0171. The standard InChI is InChI=1S/C19H23NO3S/c1-19(2,3)15-9-11-16(12-10-15)23-24(21,22)20-18-13-8-14-6-4-5-7-17(14)18/h4-7,9-12,18,20H,8,13H2,1-3H3. The van der Waals surface area contributed by atoms with E-state index in [9.17, 15) is 8.42 Å². The summed E-state index contributed by atoms with van der Waals surface area (Å²) in [6.07, 6.45) is 1.63. The van der Waals surface area contributed by atoms with Gasteiger partial charge in [0.1, 0.15) is 5.75 Å². The molecule has 0 aliphatic heterocycles. The van der Waals surface area contributed by atoms with Gasteiger partial charge in [-0.3, -0.25) is 0 Å². The largest absolute Gasteiger partial charge is 0.383 e. The van der Waals surface area contributed by atoms with E-state index in [2.05, 4.69) is 25.5 Å². The van der Waals surface area contributed by atoms with Crippen molar-refractivity contribution in [2.75, 3.05) is 0 Å². The molecule has 5 heteroatoms. The van der Waals surface area contributed by atoms with E-state index < -0.39 is 10.3 Å². The summed E-state index contributed by atoms with van der Waals surface area (Å²) < 4.78 is 32.5. The molecule has 2 aromatic carbocycles. The summed E-state index contributed by atoms with van der Waals surface area (Å²) in [7, 11) is -3.86. The third-order valence-electron chi connectivity index (χ3n) is 4.35. The molecule has 1 atom stereocenters. The molecule has 0 saturated heterocycles. The summed E-state index contributed by atoms with van der Waals surface area (Å²) in [5.74, 6) is 0.321. The molecule has 1 aliphatic rings. The van der Waals surface area contributed by atoms with Gasteiger partial charge in [-0.2, -0.15) is 13.1 Å². The highest BCUT2D eigenvalue weighted by Crippen LogP contribution is 2.31. The van der Waals surface area contributed by atoms with E-state index in [1.807, 2.05) is 36.4 Å². The molecule has 24 heavy (non-hydrogen) atoms. The van der Waals surface area contributed by atoms with Gasteiger partial charge in [0.2, 0.25) is 0 Å². The smallest absolute Gasteiger partial charge is 0.371 e. The van der Waals surface area contributed by atoms with Gasteiger partial charge in [0.05, 0.1) is 6.04 Å². The molecule has 128 valence electrons. The molecular formula is C19H23NO3S. The number of aryl methyl sites for hydroxylation is 1. The van der Waals surface area contributed by atoms with Crippen molar-refractivity contribution in [3.63, 3.8) is 0 Å². The van der Waals surface area contributed by atoms with Gasteiger partial charge in [-0.1, -0.05) is 57.2 Å². The fraction of sp³-hybridized carbons (Fsp3) is 0.368. The van der Waals surface area contributed by atoms with Crippen LogP contribution in [0.2, 0.25) is 0 Å². The predicted octanol–water partition coefficient (Wildman–Crippen LogP) is 3.88. The van der Waals surface area contributed by atoms with Gasteiger partial charge in [0.15, 0.2) is 0 Å². The first-order valence-corrected chi connectivity index (χ1v) is 9.55. The van der Waals surface area contributed by atoms with Crippen LogP contribution in [0.4, 0.5) is 0 Å². The molecule has 3 rings (SSSR count). The summed E-state index contributed by atoms with van der Waals surface area (Å²) in [5, 5.41) is 0. The summed E-state index contributed by atoms with van der Waals surface area (Å²) in [4.78, 5) is 0. The highest BCUT2D eigenvalue weighted by Gasteiger charge is 2.27. The molecule has 0 saturated carbocycles. The van der Waals surface area contributed by atoms with E-state index >= 15 is 0 Å². The first-order chi connectivity index (χ1) is 11.2. The van der Waals surface area contributed by atoms with Crippen LogP contribution in [0.3, 0.4) is 0 Å². The lowest BCUT2D eigenvalue weighted by Crippen LogP contribution is -2.31. The first-order valence-electron chi connectivity index (χ1n) is 8.15. The van der Waals surface area contributed by atoms with Gasteiger partial charge >= 0.3 is 10.3 Å². The maximum atomic E-state index is 12.3. The molecule has 0 heterocycles. The van der Waals surface area contributed by atoms with Crippen LogP contribution >= 0.6 is 0 Å². The van der Waals surface area contributed by atoms with E-state index in [0.29, 0.717) is 5.75 Å². The van der Waals surface area contributed by atoms with Gasteiger partial charge < -0.3 is 4.18 Å². The number of benzene rings is 2. The Bertz CT molecular complexity index is 820. The average Bonchev–Trinajstić information content (AvgIpc) is 2.89. The monoisotopic (exact) mass is 345 g/mol. The van der Waals surface area contributed by atoms with E-state index in [-0.39, 0.29) is 11.5 Å². The molecule has 0 spiro atoms. The Morgan fingerprint density at radius 3 is 2.38 bits per heavy atom. The Labute approximate surface area is 144 Å². The molecule has 0 fully saturated rings. The van der Waals surface area contributed by atoms with Crippen molar-refractivity contribution < 1.29 is 12.6 Å². The minimum Gasteiger partial charge on any atom is -0.371 e. The van der Waals surface area contributed by atoms with Crippen LogP contribution in [0.15, 0.2) is 48.5 Å². The van der Waals surface area contributed by atoms with Crippen molar-refractivity contribution in [1.29, 1.82) is 0 Å². The van der Waals surface area contributed by atoms with E-state index in [0.717, 1.165) is 24.0 Å². The highest BCUT2D eigenvalue weighted by atomic mass is 32.2. The van der Waals surface area contributed by atoms with E-state index in [1.54, 1.807) is 12.1 Å². The predicted molar refractivity (Wildman–Crippen MR) is 95.3 cm³/mol. The van der Waals surface area contributed by atoms with Crippen molar-refractivity contribution in [1.82, 2.24) is 4.72 Å². The molecule has 1 unspecified atom stereocenters. The van der Waals surface area contributed by atoms with Crippen LogP contribution in [-0.4, -0.2) is 8.42 Å². The minimum atomic E-state index is -3.86. The second kappa shape index (κ2) is 6.22. The van der Waals surface area contributed by atoms with Crippen molar-refractivity contribution in [3.05, 3.63) is 65.2 Å². The third-order valence-corrected chi connectivity index (χ3v) is 5.33. The molecule has 0 amide bonds. The van der Waals surface area contributed by atoms with Gasteiger partial charge in [0.25, 0.3) is 0 Å². The Hall–Kier alpha value is -1.85. The molecule has 2 aromatic rings. The second-order valence-corrected chi connectivity index (χ2v) is 8.53. The quantitative estimate of drug-likeness (QED) is 0.915. The fourth-order valence-electron chi connectivity index (χ4n) is 3.02. The zero-order chi connectivity index (χ0) is 17.4. The van der Waals surface area contributed by atoms with Crippen LogP contribution < -0.4 is 8.91 Å². The second-order valence-electron chi connectivity index (χ2n) is 7.22. The van der Waals surface area contributed by atoms with Crippen molar-refractivity contribution in [3.8, 4) is 5.75 Å². The molecule has 0 radical (unpaired) electrons. The van der Waals surface area contributed by atoms with Gasteiger partial charge in [-0.25, -0.2) is 0 Å². The van der Waals surface area contributed by atoms with Gasteiger partial charge in [0, 0.05) is 0 Å². The normalized spacial score (nSPS) is 17.5. The molecule has 1 aliphatic carbocycles. The molecule has 0 bridgehead atoms.